The van der Waals surface area contributed by atoms with Crippen LogP contribution in [0.2, 0.25) is 0 Å². The van der Waals surface area contributed by atoms with Gasteiger partial charge in [-0.05, 0) is 55.3 Å². The smallest absolute Gasteiger partial charge is 0.348 e. The summed E-state index contributed by atoms with van der Waals surface area (Å²) >= 11 is 0. The minimum absolute atomic E-state index is 0.162. The first-order chi connectivity index (χ1) is 33.7. The summed E-state index contributed by atoms with van der Waals surface area (Å²) in [6.07, 6.45) is 14.1. The Morgan fingerprint density at radius 3 is 1.89 bits per heavy atom. The second kappa shape index (κ2) is 21.8. The number of aromatic nitrogens is 2. The minimum atomic E-state index is -1.72. The summed E-state index contributed by atoms with van der Waals surface area (Å²) in [6.45, 7) is 4.96. The maximum Gasteiger partial charge on any atom is 0.348 e. The van der Waals surface area contributed by atoms with Gasteiger partial charge >= 0.3 is 35.6 Å². The van der Waals surface area contributed by atoms with Crippen molar-refractivity contribution in [2.45, 2.75) is 83.0 Å². The number of rotatable bonds is 16. The summed E-state index contributed by atoms with van der Waals surface area (Å²) in [4.78, 5) is 106. The summed E-state index contributed by atoms with van der Waals surface area (Å²) in [5, 5.41) is 24.2. The molecule has 3 aliphatic heterocycles. The number of nitrogens with one attached hydrogen (secondary N) is 2. The lowest BCUT2D eigenvalue weighted by Crippen LogP contribution is -2.57. The van der Waals surface area contributed by atoms with Gasteiger partial charge in [0.1, 0.15) is 22.6 Å². The van der Waals surface area contributed by atoms with Crippen molar-refractivity contribution in [3.63, 3.8) is 0 Å². The Labute approximate surface area is 399 Å². The molecule has 0 radical (unpaired) electrons. The van der Waals surface area contributed by atoms with Crippen LogP contribution in [0.15, 0.2) is 124 Å². The van der Waals surface area contributed by atoms with Crippen LogP contribution in [-0.4, -0.2) is 86.6 Å². The van der Waals surface area contributed by atoms with E-state index in [9.17, 15) is 48.6 Å². The molecule has 4 N–H and O–H groups in total. The number of unbranched alkanes of at least 4 members (excludes halogenated alkanes) is 2. The van der Waals surface area contributed by atoms with Crippen LogP contribution in [0.4, 0.5) is 10.5 Å². The molecular formula is C50H50N4O16. The summed E-state index contributed by atoms with van der Waals surface area (Å²) in [5.41, 5.74) is -2.06. The SMILES string of the molecule is CCCCOc1cccc(N2C(=O)NC(=O)C(=CC=CC=CC3C(=O)OC4(CCC5(CC4)OC(=O)C(=CC=CC=Cc4c(O)n(-c6cccc(OCCCC)c6)c(=O)[nH]c4=O)C(=O)O5)OC3=O)C2O)c1. The Kier molecular flexibility index (Phi) is 15.5. The zero-order valence-corrected chi connectivity index (χ0v) is 38.1. The highest BCUT2D eigenvalue weighted by molar-refractivity contribution is 6.16. The van der Waals surface area contributed by atoms with Crippen molar-refractivity contribution >= 4 is 47.6 Å². The average Bonchev–Trinajstić information content (AvgIpc) is 3.31. The Bertz CT molecular complexity index is 2820. The first-order valence-corrected chi connectivity index (χ1v) is 22.6. The van der Waals surface area contributed by atoms with Gasteiger partial charge in [0.15, 0.2) is 12.1 Å². The molecule has 4 fully saturated rings. The fourth-order valence-electron chi connectivity index (χ4n) is 7.69. The number of H-pyrrole nitrogens is 1. The van der Waals surface area contributed by atoms with Gasteiger partial charge in [0, 0.05) is 37.8 Å². The average molecular weight is 963 g/mol. The van der Waals surface area contributed by atoms with Gasteiger partial charge < -0.3 is 38.6 Å². The van der Waals surface area contributed by atoms with E-state index in [1.807, 2.05) is 13.8 Å². The van der Waals surface area contributed by atoms with Crippen LogP contribution in [0.25, 0.3) is 11.8 Å². The molecule has 1 aliphatic carbocycles. The van der Waals surface area contributed by atoms with Crippen molar-refractivity contribution < 1.29 is 67.4 Å². The monoisotopic (exact) mass is 962 g/mol. The van der Waals surface area contributed by atoms with Crippen molar-refractivity contribution in [3.05, 3.63) is 141 Å². The molecule has 0 bridgehead atoms. The van der Waals surface area contributed by atoms with Gasteiger partial charge in [-0.1, -0.05) is 81.4 Å². The van der Waals surface area contributed by atoms with Crippen LogP contribution in [0, 0.1) is 5.92 Å². The molecule has 1 atom stereocenters. The van der Waals surface area contributed by atoms with E-state index in [1.165, 1.54) is 54.7 Å². The molecule has 1 saturated carbocycles. The number of anilines is 1. The lowest BCUT2D eigenvalue weighted by molar-refractivity contribution is -0.297. The number of urea groups is 1. The second-order valence-electron chi connectivity index (χ2n) is 16.4. The molecule has 20 nitrogen and oxygen atoms in total. The number of benzene rings is 2. The Hall–Kier alpha value is -8.26. The number of carbonyl (C=O) groups is 6. The number of hydrogen-bond acceptors (Lipinski definition) is 16. The van der Waals surface area contributed by atoms with Crippen molar-refractivity contribution in [1.29, 1.82) is 0 Å². The number of imide groups is 1. The van der Waals surface area contributed by atoms with E-state index in [1.54, 1.807) is 48.5 Å². The van der Waals surface area contributed by atoms with Gasteiger partial charge in [-0.3, -0.25) is 34.4 Å². The molecule has 70 heavy (non-hydrogen) atoms. The number of aromatic amines is 1. The third kappa shape index (κ3) is 11.2. The van der Waals surface area contributed by atoms with E-state index in [0.29, 0.717) is 24.7 Å². The van der Waals surface area contributed by atoms with Gasteiger partial charge in [0.05, 0.1) is 30.2 Å². The number of nitrogens with zero attached hydrogens (tertiary/aromatic N) is 2. The van der Waals surface area contributed by atoms with Gasteiger partial charge in [0.2, 0.25) is 5.88 Å². The zero-order chi connectivity index (χ0) is 50.0. The van der Waals surface area contributed by atoms with E-state index in [-0.39, 0.29) is 48.2 Å². The highest BCUT2D eigenvalue weighted by Gasteiger charge is 2.57. The lowest BCUT2D eigenvalue weighted by Gasteiger charge is -2.46. The molecule has 1 aromatic heterocycles. The van der Waals surface area contributed by atoms with Gasteiger partial charge in [-0.25, -0.2) is 23.7 Å². The largest absolute Gasteiger partial charge is 0.494 e. The number of hydrogen-bond donors (Lipinski definition) is 4. The quantitative estimate of drug-likeness (QED) is 0.0368. The van der Waals surface area contributed by atoms with Crippen molar-refractivity contribution in [3.8, 4) is 23.1 Å². The number of esters is 4. The topological polar surface area (TPSA) is 268 Å². The van der Waals surface area contributed by atoms with Crippen LogP contribution in [0.1, 0.15) is 70.8 Å². The highest BCUT2D eigenvalue weighted by atomic mass is 16.8. The number of amides is 3. The fourth-order valence-corrected chi connectivity index (χ4v) is 7.69. The molecule has 3 aromatic rings. The number of allylic oxidation sites excluding steroid dienone is 8. The maximum absolute atomic E-state index is 13.1. The molecule has 366 valence electrons. The molecule has 20 heteroatoms. The van der Waals surface area contributed by atoms with Crippen LogP contribution < -0.4 is 30.9 Å². The van der Waals surface area contributed by atoms with Crippen molar-refractivity contribution in [2.24, 2.45) is 5.92 Å². The highest BCUT2D eigenvalue weighted by Crippen LogP contribution is 2.45. The summed E-state index contributed by atoms with van der Waals surface area (Å²) < 4.78 is 34.6. The first kappa shape index (κ1) is 49.6. The number of ether oxygens (including phenoxy) is 6. The zero-order valence-electron chi connectivity index (χ0n) is 38.1. The second-order valence-corrected chi connectivity index (χ2v) is 16.4. The fraction of sp³-hybridized carbons (Fsp3) is 0.320. The molecule has 2 aromatic carbocycles. The standard InChI is InChI=1S/C50H50N4O16/c1-3-5-27-65-33-17-13-15-31(29-33)53-41(57)35(39(55)51-47(53)63)19-9-7-11-21-37-43(59)67-49(68-44(37)60)23-25-50(26-24-49)69-45(61)38(46(62)70-50)22-12-8-10-20-36-40(56)52-48(64)54(42(36)58)32-16-14-18-34(30-32)66-28-6-4-2/h7-22,29-30,37,41,57-58H,3-6,23-28H2,1-2H3,(H,51,55,63)(H,52,56,64). The number of carbonyl (C=O) groups excluding carboxylic acids is 6. The molecular weight excluding hydrogens is 913 g/mol. The molecule has 4 heterocycles. The lowest BCUT2D eigenvalue weighted by atomic mass is 9.87. The summed E-state index contributed by atoms with van der Waals surface area (Å²) in [6, 6.07) is 12.1. The number of aliphatic hydroxyl groups is 1. The normalized spacial score (nSPS) is 23.4. The summed E-state index contributed by atoms with van der Waals surface area (Å²) in [7, 11) is 0. The predicted molar refractivity (Wildman–Crippen MR) is 248 cm³/mol. The molecule has 7 rings (SSSR count). The van der Waals surface area contributed by atoms with E-state index in [2.05, 4.69) is 10.3 Å². The maximum atomic E-state index is 13.1. The third-order valence-electron chi connectivity index (χ3n) is 11.5. The molecule has 4 aliphatic rings. The number of aromatic hydroxyl groups is 1. The van der Waals surface area contributed by atoms with E-state index >= 15 is 0 Å². The van der Waals surface area contributed by atoms with Crippen LogP contribution in [0.3, 0.4) is 0 Å². The van der Waals surface area contributed by atoms with Gasteiger partial charge in [0.25, 0.3) is 23.0 Å². The first-order valence-electron chi connectivity index (χ1n) is 22.6. The van der Waals surface area contributed by atoms with Gasteiger partial charge in [-0.2, -0.15) is 0 Å². The van der Waals surface area contributed by atoms with E-state index < -0.39 is 82.2 Å². The van der Waals surface area contributed by atoms with Gasteiger partial charge in [-0.15, -0.1) is 0 Å². The van der Waals surface area contributed by atoms with E-state index in [0.717, 1.165) is 41.2 Å². The van der Waals surface area contributed by atoms with Crippen LogP contribution >= 0.6 is 0 Å². The summed E-state index contributed by atoms with van der Waals surface area (Å²) in [5.74, 6) is -9.24. The van der Waals surface area contributed by atoms with Crippen molar-refractivity contribution in [1.82, 2.24) is 14.9 Å². The van der Waals surface area contributed by atoms with Crippen LogP contribution in [0.5, 0.6) is 17.4 Å². The number of aliphatic hydroxyl groups excluding tert-OH is 1. The molecule has 2 spiro atoms. The Morgan fingerprint density at radius 1 is 0.714 bits per heavy atom. The third-order valence-corrected chi connectivity index (χ3v) is 11.5. The Balaban J connectivity index is 0.918. The minimum Gasteiger partial charge on any atom is -0.494 e. The predicted octanol–water partition coefficient (Wildman–Crippen LogP) is 4.98. The van der Waals surface area contributed by atoms with Crippen LogP contribution in [-0.2, 0) is 42.9 Å². The van der Waals surface area contributed by atoms with Crippen molar-refractivity contribution in [2.75, 3.05) is 18.1 Å². The molecule has 3 saturated heterocycles. The molecule has 1 unspecified atom stereocenters. The van der Waals surface area contributed by atoms with E-state index in [4.69, 9.17) is 28.4 Å². The Morgan fingerprint density at radius 2 is 1.27 bits per heavy atom. The molecule has 3 amide bonds.